The van der Waals surface area contributed by atoms with Crippen molar-refractivity contribution in [3.8, 4) is 5.75 Å². The van der Waals surface area contributed by atoms with Crippen molar-refractivity contribution in [2.75, 3.05) is 6.61 Å². The zero-order chi connectivity index (χ0) is 12.6. The third-order valence-electron chi connectivity index (χ3n) is 2.39. The minimum atomic E-state index is 0.134. The molecule has 2 rings (SSSR count). The molecule has 0 aliphatic carbocycles. The van der Waals surface area contributed by atoms with Crippen LogP contribution in [0.4, 0.5) is 0 Å². The van der Waals surface area contributed by atoms with Crippen molar-refractivity contribution in [2.24, 2.45) is 16.1 Å². The summed E-state index contributed by atoms with van der Waals surface area (Å²) in [6.07, 6.45) is 0. The van der Waals surface area contributed by atoms with Gasteiger partial charge in [-0.2, -0.15) is 0 Å². The fourth-order valence-corrected chi connectivity index (χ4v) is 1.81. The third-order valence-corrected chi connectivity index (χ3v) is 2.70. The monoisotopic (exact) mass is 248 g/mol. The smallest absolute Gasteiger partial charge is 0.136 e. The van der Waals surface area contributed by atoms with Crippen LogP contribution >= 0.6 is 12.2 Å². The van der Waals surface area contributed by atoms with Gasteiger partial charge in [0, 0.05) is 11.1 Å². The molecule has 0 radical (unpaired) electrons. The number of aliphatic imine (C=N–C) groups is 1. The molecule has 0 saturated heterocycles. The summed E-state index contributed by atoms with van der Waals surface area (Å²) in [6.45, 7) is 7.05. The molecule has 1 heterocycles. The first kappa shape index (κ1) is 12.0. The molecule has 4 heteroatoms. The maximum absolute atomic E-state index is 5.75. The SMILES string of the molecule is CC(C)(C)COc1ccc2c(c1)C(=S)N=C2N. The molecule has 0 aromatic heterocycles. The summed E-state index contributed by atoms with van der Waals surface area (Å²) >= 11 is 5.15. The van der Waals surface area contributed by atoms with Crippen molar-refractivity contribution in [2.45, 2.75) is 20.8 Å². The minimum absolute atomic E-state index is 0.134. The Hall–Kier alpha value is -1.42. The average Bonchev–Trinajstić information content (AvgIpc) is 2.51. The standard InChI is InChI=1S/C13H16N2OS/c1-13(2,3)7-16-8-4-5-9-10(6-8)12(17)15-11(9)14/h4-6H,7H2,1-3H3,(H2,14,15,17). The molecule has 3 nitrogen and oxygen atoms in total. The van der Waals surface area contributed by atoms with Gasteiger partial charge in [0.2, 0.25) is 0 Å². The van der Waals surface area contributed by atoms with E-state index in [2.05, 4.69) is 25.8 Å². The van der Waals surface area contributed by atoms with Gasteiger partial charge in [-0.1, -0.05) is 33.0 Å². The lowest BCUT2D eigenvalue weighted by Gasteiger charge is -2.19. The van der Waals surface area contributed by atoms with E-state index >= 15 is 0 Å². The van der Waals surface area contributed by atoms with E-state index < -0.39 is 0 Å². The van der Waals surface area contributed by atoms with E-state index in [0.29, 0.717) is 17.4 Å². The van der Waals surface area contributed by atoms with Gasteiger partial charge in [0.15, 0.2) is 0 Å². The molecule has 1 aromatic carbocycles. The molecular formula is C13H16N2OS. The normalized spacial score (nSPS) is 14.5. The second kappa shape index (κ2) is 4.11. The molecule has 0 spiro atoms. The quantitative estimate of drug-likeness (QED) is 0.818. The largest absolute Gasteiger partial charge is 0.493 e. The molecule has 1 aliphatic rings. The van der Waals surface area contributed by atoms with Gasteiger partial charge < -0.3 is 10.5 Å². The van der Waals surface area contributed by atoms with Crippen molar-refractivity contribution >= 4 is 23.0 Å². The first-order valence-corrected chi connectivity index (χ1v) is 5.93. The van der Waals surface area contributed by atoms with Crippen LogP contribution in [0.1, 0.15) is 31.9 Å². The first-order valence-electron chi connectivity index (χ1n) is 5.52. The Morgan fingerprint density at radius 3 is 2.65 bits per heavy atom. The fourth-order valence-electron chi connectivity index (χ4n) is 1.54. The Morgan fingerprint density at radius 2 is 2.00 bits per heavy atom. The molecule has 0 amide bonds. The average molecular weight is 248 g/mol. The minimum Gasteiger partial charge on any atom is -0.493 e. The number of nitrogens with zero attached hydrogens (tertiary/aromatic N) is 1. The lowest BCUT2D eigenvalue weighted by Crippen LogP contribution is -2.17. The highest BCUT2D eigenvalue weighted by atomic mass is 32.1. The number of hydrogen-bond acceptors (Lipinski definition) is 3. The van der Waals surface area contributed by atoms with E-state index in [-0.39, 0.29) is 5.41 Å². The zero-order valence-corrected chi connectivity index (χ0v) is 11.1. The predicted octanol–water partition coefficient (Wildman–Crippen LogP) is 2.51. The highest BCUT2D eigenvalue weighted by Gasteiger charge is 2.19. The Kier molecular flexibility index (Phi) is 2.91. The van der Waals surface area contributed by atoms with Crippen LogP contribution in [0, 0.1) is 5.41 Å². The van der Waals surface area contributed by atoms with Gasteiger partial charge >= 0.3 is 0 Å². The molecule has 17 heavy (non-hydrogen) atoms. The second-order valence-corrected chi connectivity index (χ2v) is 5.75. The molecule has 0 unspecified atom stereocenters. The highest BCUT2D eigenvalue weighted by molar-refractivity contribution is 7.80. The molecule has 0 bridgehead atoms. The fraction of sp³-hybridized carbons (Fsp3) is 0.385. The van der Waals surface area contributed by atoms with Crippen LogP contribution in [-0.2, 0) is 0 Å². The maximum atomic E-state index is 5.75. The number of amidine groups is 1. The Bertz CT molecular complexity index is 501. The van der Waals surface area contributed by atoms with Gasteiger partial charge in [-0.25, -0.2) is 4.99 Å². The second-order valence-electron chi connectivity index (χ2n) is 5.36. The van der Waals surface area contributed by atoms with Crippen LogP contribution in [0.3, 0.4) is 0 Å². The number of hydrogen-bond donors (Lipinski definition) is 1. The number of thiocarbonyl (C=S) groups is 1. The molecule has 2 N–H and O–H groups in total. The van der Waals surface area contributed by atoms with Crippen molar-refractivity contribution < 1.29 is 4.74 Å². The Morgan fingerprint density at radius 1 is 1.29 bits per heavy atom. The highest BCUT2D eigenvalue weighted by Crippen LogP contribution is 2.25. The van der Waals surface area contributed by atoms with E-state index in [0.717, 1.165) is 16.9 Å². The van der Waals surface area contributed by atoms with E-state index in [9.17, 15) is 0 Å². The lowest BCUT2D eigenvalue weighted by molar-refractivity contribution is 0.198. The van der Waals surface area contributed by atoms with Crippen LogP contribution in [-0.4, -0.2) is 17.4 Å². The first-order chi connectivity index (χ1) is 7.87. The molecule has 90 valence electrons. The van der Waals surface area contributed by atoms with Crippen LogP contribution < -0.4 is 10.5 Å². The van der Waals surface area contributed by atoms with Crippen molar-refractivity contribution in [3.05, 3.63) is 29.3 Å². The molecule has 1 aliphatic heterocycles. The summed E-state index contributed by atoms with van der Waals surface area (Å²) in [7, 11) is 0. The number of fused-ring (bicyclic) bond motifs is 1. The molecule has 0 atom stereocenters. The van der Waals surface area contributed by atoms with Crippen LogP contribution in [0.15, 0.2) is 23.2 Å². The summed E-state index contributed by atoms with van der Waals surface area (Å²) in [4.78, 5) is 4.62. The van der Waals surface area contributed by atoms with Gasteiger partial charge in [-0.15, -0.1) is 0 Å². The van der Waals surface area contributed by atoms with Crippen molar-refractivity contribution in [3.63, 3.8) is 0 Å². The summed E-state index contributed by atoms with van der Waals surface area (Å²) in [5.41, 5.74) is 7.68. The van der Waals surface area contributed by atoms with E-state index in [1.54, 1.807) is 0 Å². The molecule has 0 fully saturated rings. The third kappa shape index (κ3) is 2.64. The van der Waals surface area contributed by atoms with E-state index in [4.69, 9.17) is 22.7 Å². The van der Waals surface area contributed by atoms with Crippen molar-refractivity contribution in [1.82, 2.24) is 0 Å². The van der Waals surface area contributed by atoms with Gasteiger partial charge in [-0.05, 0) is 23.6 Å². The topological polar surface area (TPSA) is 47.6 Å². The van der Waals surface area contributed by atoms with E-state index in [1.807, 2.05) is 18.2 Å². The van der Waals surface area contributed by atoms with Gasteiger partial charge in [0.25, 0.3) is 0 Å². The van der Waals surface area contributed by atoms with Gasteiger partial charge in [0.1, 0.15) is 16.6 Å². The van der Waals surface area contributed by atoms with E-state index in [1.165, 1.54) is 0 Å². The summed E-state index contributed by atoms with van der Waals surface area (Å²) in [6, 6.07) is 5.72. The zero-order valence-electron chi connectivity index (χ0n) is 10.3. The summed E-state index contributed by atoms with van der Waals surface area (Å²) in [5.74, 6) is 1.30. The van der Waals surface area contributed by atoms with Crippen LogP contribution in [0.25, 0.3) is 0 Å². The van der Waals surface area contributed by atoms with Gasteiger partial charge in [0.05, 0.1) is 6.61 Å². The summed E-state index contributed by atoms with van der Waals surface area (Å²) in [5, 5.41) is 0. The van der Waals surface area contributed by atoms with Crippen LogP contribution in [0.5, 0.6) is 5.75 Å². The molecular weight excluding hydrogens is 232 g/mol. The number of rotatable bonds is 2. The van der Waals surface area contributed by atoms with Gasteiger partial charge in [-0.3, -0.25) is 0 Å². The Balaban J connectivity index is 2.19. The Labute approximate surface area is 107 Å². The maximum Gasteiger partial charge on any atom is 0.136 e. The molecule has 0 saturated carbocycles. The lowest BCUT2D eigenvalue weighted by atomic mass is 9.98. The molecule has 1 aromatic rings. The number of nitrogens with two attached hydrogens (primary N) is 1. The number of ether oxygens (including phenoxy) is 1. The number of benzene rings is 1. The predicted molar refractivity (Wildman–Crippen MR) is 73.8 cm³/mol. The van der Waals surface area contributed by atoms with Crippen LogP contribution in [0.2, 0.25) is 0 Å². The summed E-state index contributed by atoms with van der Waals surface area (Å²) < 4.78 is 5.73. The van der Waals surface area contributed by atoms with Crippen molar-refractivity contribution in [1.29, 1.82) is 0 Å².